The Balaban J connectivity index is 1.46. The van der Waals surface area contributed by atoms with Gasteiger partial charge in [0.2, 0.25) is 0 Å². The van der Waals surface area contributed by atoms with Gasteiger partial charge in [0.25, 0.3) is 16.1 Å². The number of methoxy groups -OCH3 is 1. The Morgan fingerprint density at radius 2 is 1.76 bits per heavy atom. The predicted octanol–water partition coefficient (Wildman–Crippen LogP) is 4.43. The number of nitrogens with zero attached hydrogens (tertiary/aromatic N) is 2. The van der Waals surface area contributed by atoms with Crippen molar-refractivity contribution in [3.05, 3.63) is 82.7 Å². The Kier molecular flexibility index (Phi) is 7.58. The van der Waals surface area contributed by atoms with Crippen LogP contribution in [0.1, 0.15) is 52.4 Å². The first-order chi connectivity index (χ1) is 19.8. The molecule has 8 bridgehead atoms. The van der Waals surface area contributed by atoms with Crippen LogP contribution in [0.25, 0.3) is 0 Å². The average molecular weight is 582 g/mol. The van der Waals surface area contributed by atoms with Crippen LogP contribution in [0.3, 0.4) is 0 Å². The van der Waals surface area contributed by atoms with Crippen molar-refractivity contribution in [2.24, 2.45) is 0 Å². The third-order valence-electron chi connectivity index (χ3n) is 7.77. The van der Waals surface area contributed by atoms with Crippen molar-refractivity contribution >= 4 is 16.1 Å². The molecule has 1 fully saturated rings. The molecule has 3 aromatic carbocycles. The summed E-state index contributed by atoms with van der Waals surface area (Å²) in [4.78, 5) is 12.7. The molecule has 4 aliphatic rings. The SMILES string of the molecule is COc1ccc2cc1OCCCNC(=O)c1cc(ccc1F)Oc1ccc3c(c1)CCN(S(=O)(=O)N1CCCC1)C23. The molecule has 1 unspecified atom stereocenters. The first kappa shape index (κ1) is 27.5. The molecule has 1 N–H and O–H groups in total. The van der Waals surface area contributed by atoms with Gasteiger partial charge >= 0.3 is 0 Å². The van der Waals surface area contributed by atoms with E-state index >= 15 is 0 Å². The number of halogens is 1. The molecule has 9 nitrogen and oxygen atoms in total. The normalized spacial score (nSPS) is 20.0. The molecule has 1 amide bonds. The Morgan fingerprint density at radius 3 is 2.56 bits per heavy atom. The second-order valence-electron chi connectivity index (χ2n) is 10.3. The van der Waals surface area contributed by atoms with Gasteiger partial charge in [-0.3, -0.25) is 4.79 Å². The smallest absolute Gasteiger partial charge is 0.282 e. The molecule has 4 aliphatic heterocycles. The first-order valence-electron chi connectivity index (χ1n) is 13.8. The highest BCUT2D eigenvalue weighted by molar-refractivity contribution is 7.86. The minimum Gasteiger partial charge on any atom is -0.493 e. The van der Waals surface area contributed by atoms with Crippen LogP contribution in [0.4, 0.5) is 4.39 Å². The number of carbonyl (C=O) groups is 1. The van der Waals surface area contributed by atoms with Crippen LogP contribution in [0.5, 0.6) is 23.0 Å². The molecule has 1 atom stereocenters. The quantitative estimate of drug-likeness (QED) is 0.492. The summed E-state index contributed by atoms with van der Waals surface area (Å²) in [7, 11) is -2.18. The lowest BCUT2D eigenvalue weighted by Gasteiger charge is -2.39. The van der Waals surface area contributed by atoms with Gasteiger partial charge in [-0.05, 0) is 84.8 Å². The summed E-state index contributed by atoms with van der Waals surface area (Å²) in [5.41, 5.74) is 2.44. The molecule has 4 heterocycles. The summed E-state index contributed by atoms with van der Waals surface area (Å²) in [6.07, 6.45) is 2.65. The summed E-state index contributed by atoms with van der Waals surface area (Å²) in [6, 6.07) is 14.5. The Labute approximate surface area is 239 Å². The molecular formula is C30H32FN3O6S. The highest BCUT2D eigenvalue weighted by atomic mass is 32.2. The predicted molar refractivity (Wildman–Crippen MR) is 150 cm³/mol. The van der Waals surface area contributed by atoms with Gasteiger partial charge in [0, 0.05) is 26.2 Å². The number of nitrogens with one attached hydrogen (secondary N) is 1. The summed E-state index contributed by atoms with van der Waals surface area (Å²) < 4.78 is 63.1. The zero-order valence-corrected chi connectivity index (χ0v) is 23.6. The molecule has 0 radical (unpaired) electrons. The van der Waals surface area contributed by atoms with E-state index in [9.17, 15) is 17.6 Å². The van der Waals surface area contributed by atoms with Crippen molar-refractivity contribution in [2.45, 2.75) is 31.7 Å². The van der Waals surface area contributed by atoms with Gasteiger partial charge in [0.1, 0.15) is 17.3 Å². The molecule has 216 valence electrons. The number of fused-ring (bicyclic) bond motifs is 6. The highest BCUT2D eigenvalue weighted by Gasteiger charge is 2.41. The number of rotatable bonds is 3. The van der Waals surface area contributed by atoms with Gasteiger partial charge in [-0.2, -0.15) is 17.0 Å². The van der Waals surface area contributed by atoms with Gasteiger partial charge in [0.05, 0.1) is 25.3 Å². The molecular weight excluding hydrogens is 549 g/mol. The first-order valence-corrected chi connectivity index (χ1v) is 15.2. The molecule has 1 saturated heterocycles. The number of amides is 1. The minimum absolute atomic E-state index is 0.111. The van der Waals surface area contributed by atoms with E-state index in [2.05, 4.69) is 5.32 Å². The molecule has 0 spiro atoms. The number of ether oxygens (including phenoxy) is 3. The molecule has 0 aromatic heterocycles. The van der Waals surface area contributed by atoms with Crippen molar-refractivity contribution in [1.29, 1.82) is 0 Å². The van der Waals surface area contributed by atoms with Gasteiger partial charge in [0.15, 0.2) is 11.5 Å². The van der Waals surface area contributed by atoms with Crippen molar-refractivity contribution in [2.75, 3.05) is 39.9 Å². The van der Waals surface area contributed by atoms with E-state index < -0.39 is 28.0 Å². The summed E-state index contributed by atoms with van der Waals surface area (Å²) in [6.45, 7) is 1.84. The van der Waals surface area contributed by atoms with E-state index in [-0.39, 0.29) is 18.7 Å². The summed E-state index contributed by atoms with van der Waals surface area (Å²) in [5.74, 6) is 0.639. The lowest BCUT2D eigenvalue weighted by Crippen LogP contribution is -2.47. The van der Waals surface area contributed by atoms with Gasteiger partial charge in [-0.25, -0.2) is 4.39 Å². The van der Waals surface area contributed by atoms with Gasteiger partial charge < -0.3 is 19.5 Å². The van der Waals surface area contributed by atoms with Crippen LogP contribution in [-0.4, -0.2) is 62.8 Å². The van der Waals surface area contributed by atoms with Gasteiger partial charge in [-0.15, -0.1) is 0 Å². The fraction of sp³-hybridized carbons (Fsp3) is 0.367. The molecule has 3 aromatic rings. The third-order valence-corrected chi connectivity index (χ3v) is 9.78. The zero-order chi connectivity index (χ0) is 28.6. The van der Waals surface area contributed by atoms with E-state index in [0.29, 0.717) is 55.5 Å². The maximum Gasteiger partial charge on any atom is 0.282 e. The van der Waals surface area contributed by atoms with Crippen molar-refractivity contribution in [3.63, 3.8) is 0 Å². The number of carbonyl (C=O) groups excluding carboxylic acids is 1. The summed E-state index contributed by atoms with van der Waals surface area (Å²) >= 11 is 0. The maximum atomic E-state index is 14.5. The van der Waals surface area contributed by atoms with Crippen LogP contribution in [0.15, 0.2) is 54.6 Å². The maximum absolute atomic E-state index is 14.5. The van der Waals surface area contributed by atoms with E-state index in [1.165, 1.54) is 18.2 Å². The molecule has 11 heteroatoms. The van der Waals surface area contributed by atoms with E-state index in [4.69, 9.17) is 14.2 Å². The fourth-order valence-corrected chi connectivity index (χ4v) is 7.55. The topological polar surface area (TPSA) is 97.4 Å². The zero-order valence-electron chi connectivity index (χ0n) is 22.8. The van der Waals surface area contributed by atoms with E-state index in [1.54, 1.807) is 27.9 Å². The number of hydrogen-bond donors (Lipinski definition) is 1. The average Bonchev–Trinajstić information content (AvgIpc) is 3.53. The second-order valence-corrected chi connectivity index (χ2v) is 12.2. The van der Waals surface area contributed by atoms with Crippen molar-refractivity contribution in [3.8, 4) is 23.0 Å². The molecule has 0 aliphatic carbocycles. The Hall–Kier alpha value is -3.67. The van der Waals surface area contributed by atoms with Crippen LogP contribution in [0.2, 0.25) is 0 Å². The Bertz CT molecular complexity index is 1570. The largest absolute Gasteiger partial charge is 0.493 e. The monoisotopic (exact) mass is 581 g/mol. The van der Waals surface area contributed by atoms with Crippen LogP contribution in [0, 0.1) is 5.82 Å². The third kappa shape index (κ3) is 5.37. The van der Waals surface area contributed by atoms with E-state index in [0.717, 1.165) is 29.5 Å². The standard InChI is InChI=1S/C30H32FN3O6S/c1-38-27-10-5-21-18-28(27)39-16-4-12-32-30(35)25-19-23(7-9-26(25)31)40-22-6-8-24-20(17-22)11-15-34(29(21)24)41(36,37)33-13-2-3-14-33/h5-10,17-19,29H,2-4,11-16H2,1H3,(H,32,35). The lowest BCUT2D eigenvalue weighted by molar-refractivity contribution is 0.0947. The second kappa shape index (κ2) is 11.3. The van der Waals surface area contributed by atoms with Crippen molar-refractivity contribution in [1.82, 2.24) is 13.9 Å². The van der Waals surface area contributed by atoms with Crippen LogP contribution >= 0.6 is 0 Å². The number of benzene rings is 3. The van der Waals surface area contributed by atoms with Crippen LogP contribution in [-0.2, 0) is 16.6 Å². The molecule has 7 rings (SSSR count). The van der Waals surface area contributed by atoms with Gasteiger partial charge in [-0.1, -0.05) is 12.1 Å². The Morgan fingerprint density at radius 1 is 0.976 bits per heavy atom. The number of hydrogen-bond acceptors (Lipinski definition) is 6. The van der Waals surface area contributed by atoms with E-state index in [1.807, 2.05) is 24.3 Å². The summed E-state index contributed by atoms with van der Waals surface area (Å²) in [5, 5.41) is 2.73. The molecule has 0 saturated carbocycles. The minimum atomic E-state index is -3.73. The van der Waals surface area contributed by atoms with Crippen molar-refractivity contribution < 1.29 is 31.8 Å². The fourth-order valence-electron chi connectivity index (χ4n) is 5.71. The molecule has 41 heavy (non-hydrogen) atoms. The lowest BCUT2D eigenvalue weighted by atomic mass is 9.89. The van der Waals surface area contributed by atoms with Crippen LogP contribution < -0.4 is 19.5 Å². The highest BCUT2D eigenvalue weighted by Crippen LogP contribution is 2.42.